The monoisotopic (exact) mass is 394 g/mol. The van der Waals surface area contributed by atoms with Crippen LogP contribution in [0, 0.1) is 5.92 Å². The maximum Gasteiger partial charge on any atom is 0.248 e. The summed E-state index contributed by atoms with van der Waals surface area (Å²) in [5, 5.41) is 0. The fourth-order valence-corrected chi connectivity index (χ4v) is 4.05. The molecule has 0 bridgehead atoms. The first kappa shape index (κ1) is 21.2. The topological polar surface area (TPSA) is 110 Å². The number of nitrogens with zero attached hydrogens (tertiary/aromatic N) is 2. The van der Waals surface area contributed by atoms with Gasteiger partial charge in [0.25, 0.3) is 0 Å². The molecule has 2 aliphatic heterocycles. The minimum absolute atomic E-state index is 0. The summed E-state index contributed by atoms with van der Waals surface area (Å²) in [6, 6.07) is 4.76. The molecule has 148 valence electrons. The third kappa shape index (κ3) is 4.09. The lowest BCUT2D eigenvalue weighted by molar-refractivity contribution is -0.133. The highest BCUT2D eigenvalue weighted by Gasteiger charge is 2.36. The first-order chi connectivity index (χ1) is 12.3. The maximum absolute atomic E-state index is 12.6. The molecule has 2 heterocycles. The van der Waals surface area contributed by atoms with Gasteiger partial charge < -0.3 is 21.3 Å². The SMILES string of the molecule is CC(C1CCN(C(=O)[C@H](C)N)CC1)N1C(=O)Cc2cc(C(N)=O)ccc21.Cl. The minimum atomic E-state index is -0.488. The van der Waals surface area contributed by atoms with E-state index in [0.29, 0.717) is 31.0 Å². The van der Waals surface area contributed by atoms with Gasteiger partial charge in [0.2, 0.25) is 17.7 Å². The van der Waals surface area contributed by atoms with E-state index >= 15 is 0 Å². The second-order valence-electron chi connectivity index (χ2n) is 7.34. The average molecular weight is 395 g/mol. The molecule has 3 rings (SSSR count). The molecular formula is C19H27ClN4O3. The third-order valence-corrected chi connectivity index (χ3v) is 5.56. The lowest BCUT2D eigenvalue weighted by Crippen LogP contribution is -2.49. The second-order valence-corrected chi connectivity index (χ2v) is 7.34. The summed E-state index contributed by atoms with van der Waals surface area (Å²) in [4.78, 5) is 39.6. The number of carbonyl (C=O) groups is 3. The zero-order valence-electron chi connectivity index (χ0n) is 15.7. The van der Waals surface area contributed by atoms with E-state index in [0.717, 1.165) is 24.1 Å². The summed E-state index contributed by atoms with van der Waals surface area (Å²) in [7, 11) is 0. The van der Waals surface area contributed by atoms with Gasteiger partial charge in [0.15, 0.2) is 0 Å². The summed E-state index contributed by atoms with van der Waals surface area (Å²) in [5.74, 6) is -0.142. The highest BCUT2D eigenvalue weighted by Crippen LogP contribution is 2.35. The normalized spacial score (nSPS) is 19.3. The van der Waals surface area contributed by atoms with Crippen molar-refractivity contribution in [2.24, 2.45) is 17.4 Å². The van der Waals surface area contributed by atoms with Crippen molar-refractivity contribution in [2.75, 3.05) is 18.0 Å². The molecule has 7 nitrogen and oxygen atoms in total. The van der Waals surface area contributed by atoms with Crippen molar-refractivity contribution in [3.8, 4) is 0 Å². The lowest BCUT2D eigenvalue weighted by Gasteiger charge is -2.39. The highest BCUT2D eigenvalue weighted by molar-refractivity contribution is 6.03. The molecule has 0 saturated carbocycles. The van der Waals surface area contributed by atoms with Crippen molar-refractivity contribution in [2.45, 2.75) is 45.2 Å². The quantitative estimate of drug-likeness (QED) is 0.795. The van der Waals surface area contributed by atoms with Gasteiger partial charge in [-0.25, -0.2) is 0 Å². The van der Waals surface area contributed by atoms with Crippen LogP contribution in [-0.2, 0) is 16.0 Å². The molecule has 1 aromatic carbocycles. The number of benzene rings is 1. The van der Waals surface area contributed by atoms with Crippen LogP contribution in [0.1, 0.15) is 42.6 Å². The first-order valence-electron chi connectivity index (χ1n) is 9.08. The van der Waals surface area contributed by atoms with Crippen LogP contribution in [0.5, 0.6) is 0 Å². The van der Waals surface area contributed by atoms with E-state index in [1.165, 1.54) is 0 Å². The first-order valence-corrected chi connectivity index (χ1v) is 9.08. The van der Waals surface area contributed by atoms with E-state index in [4.69, 9.17) is 11.5 Å². The summed E-state index contributed by atoms with van der Waals surface area (Å²) in [5.41, 5.74) is 13.2. The third-order valence-electron chi connectivity index (χ3n) is 5.56. The van der Waals surface area contributed by atoms with Gasteiger partial charge >= 0.3 is 0 Å². The lowest BCUT2D eigenvalue weighted by atomic mass is 9.89. The number of hydrogen-bond donors (Lipinski definition) is 2. The molecule has 0 aromatic heterocycles. The van der Waals surface area contributed by atoms with Crippen molar-refractivity contribution in [3.63, 3.8) is 0 Å². The molecule has 0 aliphatic carbocycles. The Hall–Kier alpha value is -2.12. The molecule has 1 saturated heterocycles. The largest absolute Gasteiger partial charge is 0.366 e. The summed E-state index contributed by atoms with van der Waals surface area (Å²) < 4.78 is 0. The van der Waals surface area contributed by atoms with Crippen LogP contribution >= 0.6 is 12.4 Å². The van der Waals surface area contributed by atoms with Crippen LogP contribution in [0.4, 0.5) is 5.69 Å². The van der Waals surface area contributed by atoms with Gasteiger partial charge in [-0.05, 0) is 56.4 Å². The van der Waals surface area contributed by atoms with Gasteiger partial charge in [-0.3, -0.25) is 14.4 Å². The van der Waals surface area contributed by atoms with E-state index in [1.54, 1.807) is 19.1 Å². The predicted molar refractivity (Wildman–Crippen MR) is 106 cm³/mol. The smallest absolute Gasteiger partial charge is 0.248 e. The van der Waals surface area contributed by atoms with E-state index in [2.05, 4.69) is 6.92 Å². The number of primary amides is 1. The molecular weight excluding hydrogens is 368 g/mol. The summed E-state index contributed by atoms with van der Waals surface area (Å²) >= 11 is 0. The maximum atomic E-state index is 12.6. The Balaban J connectivity index is 0.00000261. The number of halogens is 1. The van der Waals surface area contributed by atoms with Crippen LogP contribution in [0.3, 0.4) is 0 Å². The Morgan fingerprint density at radius 3 is 2.37 bits per heavy atom. The predicted octanol–water partition coefficient (Wildman–Crippen LogP) is 1.07. The molecule has 4 N–H and O–H groups in total. The van der Waals surface area contributed by atoms with Crippen molar-refractivity contribution < 1.29 is 14.4 Å². The van der Waals surface area contributed by atoms with E-state index in [1.807, 2.05) is 15.9 Å². The molecule has 27 heavy (non-hydrogen) atoms. The number of fused-ring (bicyclic) bond motifs is 1. The summed E-state index contributed by atoms with van der Waals surface area (Å²) in [6.07, 6.45) is 1.99. The Kier molecular flexibility index (Phi) is 6.49. The molecule has 2 atom stereocenters. The Morgan fingerprint density at radius 1 is 1.19 bits per heavy atom. The molecule has 8 heteroatoms. The van der Waals surface area contributed by atoms with Gasteiger partial charge in [-0.15, -0.1) is 12.4 Å². The average Bonchev–Trinajstić information content (AvgIpc) is 2.95. The molecule has 1 fully saturated rings. The van der Waals surface area contributed by atoms with Gasteiger partial charge in [0.05, 0.1) is 12.5 Å². The number of nitrogens with two attached hydrogens (primary N) is 2. The van der Waals surface area contributed by atoms with Crippen LogP contribution in [0.25, 0.3) is 0 Å². The zero-order chi connectivity index (χ0) is 19.0. The van der Waals surface area contributed by atoms with Crippen molar-refractivity contribution in [3.05, 3.63) is 29.3 Å². The van der Waals surface area contributed by atoms with Crippen LogP contribution in [0.15, 0.2) is 18.2 Å². The van der Waals surface area contributed by atoms with Crippen LogP contribution in [0.2, 0.25) is 0 Å². The minimum Gasteiger partial charge on any atom is -0.366 e. The van der Waals surface area contributed by atoms with E-state index in [9.17, 15) is 14.4 Å². The van der Waals surface area contributed by atoms with Gasteiger partial charge in [0, 0.05) is 30.4 Å². The number of piperidine rings is 1. The number of carbonyl (C=O) groups excluding carboxylic acids is 3. The van der Waals surface area contributed by atoms with Crippen LogP contribution < -0.4 is 16.4 Å². The molecule has 2 aliphatic rings. The number of rotatable bonds is 4. The number of hydrogen-bond acceptors (Lipinski definition) is 4. The standard InChI is InChI=1S/C19H26N4O3.ClH/c1-11(20)19(26)22-7-5-13(6-8-22)12(2)23-16-4-3-14(18(21)25)9-15(16)10-17(23)24;/h3-4,9,11-13H,5-8,10,20H2,1-2H3,(H2,21,25);1H/t11-,12?;/m0./s1. The fraction of sp³-hybridized carbons (Fsp3) is 0.526. The Bertz CT molecular complexity index is 744. The van der Waals surface area contributed by atoms with Crippen molar-refractivity contribution in [1.82, 2.24) is 4.90 Å². The highest BCUT2D eigenvalue weighted by atomic mass is 35.5. The molecule has 0 radical (unpaired) electrons. The zero-order valence-corrected chi connectivity index (χ0v) is 16.5. The Morgan fingerprint density at radius 2 is 1.81 bits per heavy atom. The van der Waals surface area contributed by atoms with Crippen molar-refractivity contribution in [1.29, 1.82) is 0 Å². The molecule has 3 amide bonds. The van der Waals surface area contributed by atoms with Crippen LogP contribution in [-0.4, -0.2) is 47.8 Å². The van der Waals surface area contributed by atoms with Gasteiger partial charge in [-0.2, -0.15) is 0 Å². The molecule has 1 unspecified atom stereocenters. The van der Waals surface area contributed by atoms with Crippen molar-refractivity contribution >= 4 is 35.8 Å². The molecule has 0 spiro atoms. The summed E-state index contributed by atoms with van der Waals surface area (Å²) in [6.45, 7) is 5.11. The molecule has 1 aromatic rings. The number of anilines is 1. The number of amides is 3. The van der Waals surface area contributed by atoms with E-state index < -0.39 is 11.9 Å². The fourth-order valence-electron chi connectivity index (χ4n) is 4.05. The van der Waals surface area contributed by atoms with Gasteiger partial charge in [-0.1, -0.05) is 0 Å². The van der Waals surface area contributed by atoms with Gasteiger partial charge in [0.1, 0.15) is 0 Å². The number of likely N-dealkylation sites (tertiary alicyclic amines) is 1. The van der Waals surface area contributed by atoms with E-state index in [-0.39, 0.29) is 30.3 Å². The Labute approximate surface area is 165 Å². The second kappa shape index (κ2) is 8.27.